The van der Waals surface area contributed by atoms with Crippen molar-refractivity contribution in [3.63, 3.8) is 0 Å². The third-order valence-corrected chi connectivity index (χ3v) is 3.66. The fraction of sp³-hybridized carbons (Fsp3) is 0.235. The zero-order chi connectivity index (χ0) is 13.9. The molecule has 2 aromatic rings. The van der Waals surface area contributed by atoms with Crippen LogP contribution in [-0.2, 0) is 24.1 Å². The number of nitrogens with one attached hydrogen (secondary N) is 1. The summed E-state index contributed by atoms with van der Waals surface area (Å²) in [6.45, 7) is 0. The van der Waals surface area contributed by atoms with Crippen molar-refractivity contribution in [1.29, 1.82) is 0 Å². The molecule has 1 N–H and O–H groups in total. The molecule has 0 aromatic heterocycles. The third-order valence-electron chi connectivity index (χ3n) is 3.66. The van der Waals surface area contributed by atoms with E-state index in [-0.39, 0.29) is 11.7 Å². The zero-order valence-electron chi connectivity index (χ0n) is 11.2. The number of amides is 1. The van der Waals surface area contributed by atoms with Gasteiger partial charge < -0.3 is 5.32 Å². The summed E-state index contributed by atoms with van der Waals surface area (Å²) in [4.78, 5) is 12.0. The number of anilines is 1. The van der Waals surface area contributed by atoms with E-state index in [0.717, 1.165) is 18.4 Å². The van der Waals surface area contributed by atoms with E-state index in [2.05, 4.69) is 17.4 Å². The Morgan fingerprint density at radius 3 is 2.60 bits per heavy atom. The van der Waals surface area contributed by atoms with Gasteiger partial charge >= 0.3 is 0 Å². The molecule has 102 valence electrons. The lowest BCUT2D eigenvalue weighted by atomic mass is 10.0. The molecule has 0 saturated carbocycles. The first-order valence-electron chi connectivity index (χ1n) is 6.87. The summed E-state index contributed by atoms with van der Waals surface area (Å²) in [7, 11) is 0. The Kier molecular flexibility index (Phi) is 3.50. The largest absolute Gasteiger partial charge is 0.326 e. The van der Waals surface area contributed by atoms with Crippen molar-refractivity contribution < 1.29 is 9.18 Å². The fourth-order valence-electron chi connectivity index (χ4n) is 2.66. The van der Waals surface area contributed by atoms with Crippen LogP contribution in [0.2, 0.25) is 0 Å². The number of halogens is 1. The van der Waals surface area contributed by atoms with E-state index in [1.54, 1.807) is 12.1 Å². The normalized spacial score (nSPS) is 13.1. The van der Waals surface area contributed by atoms with Gasteiger partial charge in [0.15, 0.2) is 0 Å². The molecule has 20 heavy (non-hydrogen) atoms. The Morgan fingerprint density at radius 2 is 1.80 bits per heavy atom. The molecule has 0 unspecified atom stereocenters. The number of aryl methyl sites for hydroxylation is 2. The van der Waals surface area contributed by atoms with Crippen molar-refractivity contribution >= 4 is 11.6 Å². The van der Waals surface area contributed by atoms with Crippen molar-refractivity contribution in [3.05, 3.63) is 65.0 Å². The topological polar surface area (TPSA) is 29.1 Å². The fourth-order valence-corrected chi connectivity index (χ4v) is 2.66. The van der Waals surface area contributed by atoms with Gasteiger partial charge in [-0.25, -0.2) is 4.39 Å². The minimum absolute atomic E-state index is 0.0745. The Bertz CT molecular complexity index is 634. The van der Waals surface area contributed by atoms with Crippen LogP contribution in [0.4, 0.5) is 10.1 Å². The minimum atomic E-state index is -0.304. The van der Waals surface area contributed by atoms with Gasteiger partial charge in [0.2, 0.25) is 5.91 Å². The van der Waals surface area contributed by atoms with Gasteiger partial charge in [0, 0.05) is 5.69 Å². The van der Waals surface area contributed by atoms with Crippen LogP contribution in [-0.4, -0.2) is 5.91 Å². The van der Waals surface area contributed by atoms with Crippen LogP contribution in [0.3, 0.4) is 0 Å². The quantitative estimate of drug-likeness (QED) is 0.908. The second-order valence-corrected chi connectivity index (χ2v) is 5.19. The number of carbonyl (C=O) groups is 1. The number of benzene rings is 2. The molecule has 1 amide bonds. The highest BCUT2D eigenvalue weighted by Crippen LogP contribution is 2.23. The summed E-state index contributed by atoms with van der Waals surface area (Å²) >= 11 is 0. The van der Waals surface area contributed by atoms with E-state index in [1.165, 1.54) is 29.7 Å². The van der Waals surface area contributed by atoms with Gasteiger partial charge in [0.05, 0.1) is 6.42 Å². The lowest BCUT2D eigenvalue weighted by molar-refractivity contribution is -0.115. The van der Waals surface area contributed by atoms with E-state index >= 15 is 0 Å². The predicted octanol–water partition coefficient (Wildman–Crippen LogP) is 3.50. The van der Waals surface area contributed by atoms with E-state index in [1.807, 2.05) is 6.07 Å². The van der Waals surface area contributed by atoms with Crippen molar-refractivity contribution in [1.82, 2.24) is 0 Å². The molecule has 0 saturated heterocycles. The van der Waals surface area contributed by atoms with Gasteiger partial charge in [0.25, 0.3) is 0 Å². The van der Waals surface area contributed by atoms with Gasteiger partial charge in [0.1, 0.15) is 5.82 Å². The van der Waals surface area contributed by atoms with Crippen LogP contribution in [0, 0.1) is 5.82 Å². The van der Waals surface area contributed by atoms with Crippen LogP contribution in [0.5, 0.6) is 0 Å². The molecule has 3 heteroatoms. The maximum absolute atomic E-state index is 12.8. The van der Waals surface area contributed by atoms with Crippen molar-refractivity contribution in [2.45, 2.75) is 25.7 Å². The average molecular weight is 269 g/mol. The first-order valence-corrected chi connectivity index (χ1v) is 6.87. The van der Waals surface area contributed by atoms with Gasteiger partial charge in [-0.3, -0.25) is 4.79 Å². The van der Waals surface area contributed by atoms with Gasteiger partial charge in [-0.1, -0.05) is 18.2 Å². The van der Waals surface area contributed by atoms with E-state index in [9.17, 15) is 9.18 Å². The lowest BCUT2D eigenvalue weighted by Gasteiger charge is -2.07. The Hall–Kier alpha value is -2.16. The number of rotatable bonds is 3. The maximum Gasteiger partial charge on any atom is 0.228 e. The molecule has 0 fully saturated rings. The standard InChI is InChI=1S/C17H16FNO/c18-15-6-8-16(9-7-15)19-17(20)11-12-4-5-13-2-1-3-14(13)10-12/h4-10H,1-3,11H2,(H,19,20). The Morgan fingerprint density at radius 1 is 1.05 bits per heavy atom. The Labute approximate surface area is 117 Å². The minimum Gasteiger partial charge on any atom is -0.326 e. The van der Waals surface area contributed by atoms with Crippen LogP contribution < -0.4 is 5.32 Å². The van der Waals surface area contributed by atoms with Crippen LogP contribution in [0.1, 0.15) is 23.1 Å². The number of fused-ring (bicyclic) bond motifs is 1. The van der Waals surface area contributed by atoms with E-state index < -0.39 is 0 Å². The van der Waals surface area contributed by atoms with Crippen LogP contribution >= 0.6 is 0 Å². The second-order valence-electron chi connectivity index (χ2n) is 5.19. The highest BCUT2D eigenvalue weighted by Gasteiger charge is 2.12. The van der Waals surface area contributed by atoms with Crippen molar-refractivity contribution in [3.8, 4) is 0 Å². The molecular formula is C17H16FNO. The molecule has 3 rings (SSSR count). The molecular weight excluding hydrogens is 253 g/mol. The summed E-state index contributed by atoms with van der Waals surface area (Å²) in [6.07, 6.45) is 3.82. The molecule has 0 aliphatic heterocycles. The molecule has 0 bridgehead atoms. The van der Waals surface area contributed by atoms with Crippen LogP contribution in [0.15, 0.2) is 42.5 Å². The van der Waals surface area contributed by atoms with Crippen molar-refractivity contribution in [2.24, 2.45) is 0 Å². The van der Waals surface area contributed by atoms with Gasteiger partial charge in [-0.15, -0.1) is 0 Å². The van der Waals surface area contributed by atoms with E-state index in [4.69, 9.17) is 0 Å². The average Bonchev–Trinajstić information content (AvgIpc) is 2.89. The summed E-state index contributed by atoms with van der Waals surface area (Å²) in [6, 6.07) is 12.1. The predicted molar refractivity (Wildman–Crippen MR) is 77.2 cm³/mol. The SMILES string of the molecule is O=C(Cc1ccc2c(c1)CCC2)Nc1ccc(F)cc1. The van der Waals surface area contributed by atoms with Crippen molar-refractivity contribution in [2.75, 3.05) is 5.32 Å². The summed E-state index contributed by atoms with van der Waals surface area (Å²) in [5, 5.41) is 2.78. The highest BCUT2D eigenvalue weighted by atomic mass is 19.1. The van der Waals surface area contributed by atoms with E-state index in [0.29, 0.717) is 12.1 Å². The molecule has 0 radical (unpaired) electrons. The summed E-state index contributed by atoms with van der Waals surface area (Å²) in [5.41, 5.74) is 4.44. The first-order chi connectivity index (χ1) is 9.70. The molecule has 0 heterocycles. The molecule has 0 spiro atoms. The highest BCUT2D eigenvalue weighted by molar-refractivity contribution is 5.92. The number of hydrogen-bond acceptors (Lipinski definition) is 1. The smallest absolute Gasteiger partial charge is 0.228 e. The molecule has 2 nitrogen and oxygen atoms in total. The van der Waals surface area contributed by atoms with Gasteiger partial charge in [-0.05, 0) is 60.2 Å². The maximum atomic E-state index is 12.8. The number of carbonyl (C=O) groups excluding carboxylic acids is 1. The lowest BCUT2D eigenvalue weighted by Crippen LogP contribution is -2.14. The molecule has 1 aliphatic carbocycles. The Balaban J connectivity index is 1.65. The molecule has 1 aliphatic rings. The van der Waals surface area contributed by atoms with Crippen LogP contribution in [0.25, 0.3) is 0 Å². The second kappa shape index (κ2) is 5.45. The third kappa shape index (κ3) is 2.87. The summed E-state index contributed by atoms with van der Waals surface area (Å²) < 4.78 is 12.8. The first kappa shape index (κ1) is 12.9. The molecule has 0 atom stereocenters. The number of hydrogen-bond donors (Lipinski definition) is 1. The zero-order valence-corrected chi connectivity index (χ0v) is 11.2. The van der Waals surface area contributed by atoms with Gasteiger partial charge in [-0.2, -0.15) is 0 Å². The monoisotopic (exact) mass is 269 g/mol. The summed E-state index contributed by atoms with van der Waals surface area (Å²) in [5.74, 6) is -0.379. The molecule has 2 aromatic carbocycles.